The van der Waals surface area contributed by atoms with Gasteiger partial charge < -0.3 is 53.6 Å². The van der Waals surface area contributed by atoms with Crippen molar-refractivity contribution in [3.8, 4) is 40.2 Å². The van der Waals surface area contributed by atoms with Crippen molar-refractivity contribution in [2.45, 2.75) is 63.0 Å². The van der Waals surface area contributed by atoms with Crippen LogP contribution in [0.4, 0.5) is 5.69 Å². The molecule has 63 heavy (non-hydrogen) atoms. The number of benzene rings is 3. The Morgan fingerprint density at radius 1 is 0.683 bits per heavy atom. The van der Waals surface area contributed by atoms with E-state index in [1.165, 1.54) is 27.4 Å². The average molecular weight is 909 g/mol. The molecule has 0 radical (unpaired) electrons. The van der Waals surface area contributed by atoms with Crippen LogP contribution in [0.3, 0.4) is 0 Å². The molecule has 344 valence electrons. The van der Waals surface area contributed by atoms with Crippen LogP contribution in [0, 0.1) is 0 Å². The summed E-state index contributed by atoms with van der Waals surface area (Å²) in [6.07, 6.45) is 8.84. The lowest BCUT2D eigenvalue weighted by Crippen LogP contribution is -2.50. The van der Waals surface area contributed by atoms with Crippen LogP contribution in [0.15, 0.2) is 48.5 Å². The van der Waals surface area contributed by atoms with E-state index in [9.17, 15) is 14.4 Å². The molecule has 0 bridgehead atoms. The molecule has 5 rings (SSSR count). The number of nitrogen functional groups attached to an aromatic ring is 1. The highest BCUT2D eigenvalue weighted by atomic mass is 32.2. The fourth-order valence-electron chi connectivity index (χ4n) is 7.73. The lowest BCUT2D eigenvalue weighted by molar-refractivity contribution is -0.127. The number of anilines is 1. The minimum atomic E-state index is -0.176. The first-order chi connectivity index (χ1) is 30.6. The van der Waals surface area contributed by atoms with E-state index < -0.39 is 0 Å². The van der Waals surface area contributed by atoms with Crippen LogP contribution in [0.5, 0.6) is 40.2 Å². The smallest absolute Gasteiger partial charge is 0.256 e. The van der Waals surface area contributed by atoms with Crippen molar-refractivity contribution in [2.75, 3.05) is 98.7 Å². The molecule has 2 saturated heterocycles. The summed E-state index contributed by atoms with van der Waals surface area (Å²) in [4.78, 5) is 45.6. The van der Waals surface area contributed by atoms with Gasteiger partial charge in [-0.05, 0) is 92.0 Å². The number of likely N-dealkylation sites (tertiary alicyclic amines) is 1. The molecule has 3 amide bonds. The summed E-state index contributed by atoms with van der Waals surface area (Å²) in [5.41, 5.74) is 8.53. The number of hydrogen-bond donors (Lipinski definition) is 1. The van der Waals surface area contributed by atoms with E-state index in [1.54, 1.807) is 54.4 Å². The number of ether oxygens (including phenoxy) is 7. The van der Waals surface area contributed by atoms with Crippen molar-refractivity contribution in [1.29, 1.82) is 0 Å². The summed E-state index contributed by atoms with van der Waals surface area (Å²) in [7, 11) is 7.69. The predicted molar refractivity (Wildman–Crippen MR) is 252 cm³/mol. The molecule has 3 aromatic carbocycles. The molecule has 1 atom stereocenters. The van der Waals surface area contributed by atoms with Gasteiger partial charge in [0.15, 0.2) is 34.5 Å². The van der Waals surface area contributed by atoms with E-state index in [0.717, 1.165) is 62.1 Å². The van der Waals surface area contributed by atoms with Crippen LogP contribution in [0.1, 0.15) is 78.7 Å². The third-order valence-electron chi connectivity index (χ3n) is 11.1. The number of piperazine rings is 1. The average Bonchev–Trinajstić information content (AvgIpc) is 3.81. The Hall–Kier alpha value is -5.09. The second kappa shape index (κ2) is 24.7. The van der Waals surface area contributed by atoms with E-state index in [4.69, 9.17) is 38.9 Å². The van der Waals surface area contributed by atoms with Gasteiger partial charge in [0, 0.05) is 56.1 Å². The van der Waals surface area contributed by atoms with Gasteiger partial charge in [0.05, 0.1) is 65.0 Å². The standard InChI is InChI=1S/C47H64N4O10S2/c1-8-62-47(63-9-2)36-15-14-20-51(36)46(54)34-30-39(56-4)40(31-35(34)48)61-26-13-11-10-12-25-60-37-18-16-32(27-38(37)55-3)17-19-43(52)49-21-23-50(24-22-49)45(53)33-28-41(57-5)44(59-7)42(29-33)58-6/h16-19,27-31,36,47H,8-15,20-26,48H2,1-7H3/b19-17+/t36-/m0/s1. The van der Waals surface area contributed by atoms with Crippen LogP contribution in [0.25, 0.3) is 6.08 Å². The summed E-state index contributed by atoms with van der Waals surface area (Å²) in [5.74, 6) is 5.12. The van der Waals surface area contributed by atoms with E-state index in [1.807, 2.05) is 46.6 Å². The number of nitrogens with two attached hydrogens (primary N) is 1. The molecular formula is C47H64N4O10S2. The SMILES string of the molecule is CCSC(SCC)[C@@H]1CCCN1C(=O)c1cc(OC)c(OCCCCCCOc2ccc(/C=C/C(=O)N3CCN(C(=O)c4cc(OC)c(OC)c(OC)c4)CC3)cc2OC)cc1N. The molecule has 0 saturated carbocycles. The molecular weight excluding hydrogens is 845 g/mol. The second-order valence-corrected chi connectivity index (χ2v) is 18.1. The highest BCUT2D eigenvalue weighted by Crippen LogP contribution is 2.40. The summed E-state index contributed by atoms with van der Waals surface area (Å²) < 4.78 is 39.9. The van der Waals surface area contributed by atoms with E-state index in [-0.39, 0.29) is 23.8 Å². The quantitative estimate of drug-likeness (QED) is 0.0428. The number of unbranched alkanes of at least 4 members (excludes halogenated alkanes) is 3. The predicted octanol–water partition coefficient (Wildman–Crippen LogP) is 7.76. The van der Waals surface area contributed by atoms with Crippen molar-refractivity contribution >= 4 is 53.0 Å². The van der Waals surface area contributed by atoms with Crippen LogP contribution in [0.2, 0.25) is 0 Å². The zero-order valence-electron chi connectivity index (χ0n) is 37.8. The monoisotopic (exact) mass is 908 g/mol. The van der Waals surface area contributed by atoms with Crippen LogP contribution in [-0.4, -0.2) is 136 Å². The van der Waals surface area contributed by atoms with Gasteiger partial charge in [0.1, 0.15) is 0 Å². The van der Waals surface area contributed by atoms with Crippen LogP contribution < -0.4 is 38.9 Å². The molecule has 2 heterocycles. The van der Waals surface area contributed by atoms with Crippen molar-refractivity contribution < 1.29 is 47.5 Å². The van der Waals surface area contributed by atoms with Crippen LogP contribution in [-0.2, 0) is 4.79 Å². The summed E-state index contributed by atoms with van der Waals surface area (Å²) in [6.45, 7) is 7.66. The van der Waals surface area contributed by atoms with Gasteiger partial charge in [-0.1, -0.05) is 19.9 Å². The van der Waals surface area contributed by atoms with Gasteiger partial charge in [-0.25, -0.2) is 0 Å². The molecule has 2 aliphatic rings. The summed E-state index contributed by atoms with van der Waals surface area (Å²) in [6, 6.07) is 12.5. The first kappa shape index (κ1) is 48.9. The lowest BCUT2D eigenvalue weighted by atomic mass is 10.1. The number of nitrogens with zero attached hydrogens (tertiary/aromatic N) is 3. The fourth-order valence-corrected chi connectivity index (χ4v) is 10.6. The molecule has 0 unspecified atom stereocenters. The van der Waals surface area contributed by atoms with Crippen molar-refractivity contribution in [3.63, 3.8) is 0 Å². The molecule has 16 heteroatoms. The minimum Gasteiger partial charge on any atom is -0.493 e. The maximum atomic E-state index is 13.8. The molecule has 0 aliphatic carbocycles. The zero-order valence-corrected chi connectivity index (χ0v) is 39.4. The Morgan fingerprint density at radius 2 is 1.27 bits per heavy atom. The van der Waals surface area contributed by atoms with Crippen molar-refractivity contribution in [1.82, 2.24) is 14.7 Å². The third-order valence-corrected chi connectivity index (χ3v) is 13.8. The Kier molecular flexibility index (Phi) is 19.2. The highest BCUT2D eigenvalue weighted by Gasteiger charge is 2.36. The molecule has 14 nitrogen and oxygen atoms in total. The normalized spacial score (nSPS) is 15.2. The van der Waals surface area contributed by atoms with Crippen molar-refractivity contribution in [2.24, 2.45) is 0 Å². The lowest BCUT2D eigenvalue weighted by Gasteiger charge is -2.34. The topological polar surface area (TPSA) is 152 Å². The molecule has 0 spiro atoms. The first-order valence-corrected chi connectivity index (χ1v) is 23.7. The van der Waals surface area contributed by atoms with E-state index in [2.05, 4.69) is 13.8 Å². The van der Waals surface area contributed by atoms with E-state index in [0.29, 0.717) is 101 Å². The number of methoxy groups -OCH3 is 5. The largest absolute Gasteiger partial charge is 0.493 e. The first-order valence-electron chi connectivity index (χ1n) is 21.6. The number of rotatable bonds is 23. The molecule has 3 aromatic rings. The number of thioether (sulfide) groups is 2. The van der Waals surface area contributed by atoms with Gasteiger partial charge in [-0.3, -0.25) is 14.4 Å². The van der Waals surface area contributed by atoms with Gasteiger partial charge >= 0.3 is 0 Å². The minimum absolute atomic E-state index is 0.0490. The van der Waals surface area contributed by atoms with Crippen molar-refractivity contribution in [3.05, 3.63) is 65.2 Å². The van der Waals surface area contributed by atoms with Gasteiger partial charge in [0.2, 0.25) is 11.7 Å². The number of carbonyl (C=O) groups excluding carboxylic acids is 3. The zero-order chi connectivity index (χ0) is 45.3. The molecule has 2 N–H and O–H groups in total. The third kappa shape index (κ3) is 12.8. The number of amides is 3. The number of hydrogen-bond acceptors (Lipinski definition) is 13. The van der Waals surface area contributed by atoms with E-state index >= 15 is 0 Å². The summed E-state index contributed by atoms with van der Waals surface area (Å²) >= 11 is 3.82. The second-order valence-electron chi connectivity index (χ2n) is 15.0. The maximum Gasteiger partial charge on any atom is 0.256 e. The number of carbonyl (C=O) groups is 3. The fraction of sp³-hybridized carbons (Fsp3) is 0.511. The Bertz CT molecular complexity index is 1990. The van der Waals surface area contributed by atoms with Gasteiger partial charge in [0.25, 0.3) is 11.8 Å². The molecule has 2 aliphatic heterocycles. The van der Waals surface area contributed by atoms with Crippen LogP contribution >= 0.6 is 23.5 Å². The Labute approximate surface area is 381 Å². The maximum absolute atomic E-state index is 13.8. The highest BCUT2D eigenvalue weighted by molar-refractivity contribution is 8.17. The van der Waals surface area contributed by atoms with Gasteiger partial charge in [-0.15, -0.1) is 23.5 Å². The van der Waals surface area contributed by atoms with Gasteiger partial charge in [-0.2, -0.15) is 0 Å². The Balaban J connectivity index is 1.02. The molecule has 0 aromatic heterocycles. The summed E-state index contributed by atoms with van der Waals surface area (Å²) in [5, 5.41) is 0. The molecule has 2 fully saturated rings. The Morgan fingerprint density at radius 3 is 1.86 bits per heavy atom.